The van der Waals surface area contributed by atoms with Crippen molar-refractivity contribution in [1.29, 1.82) is 0 Å². The Morgan fingerprint density at radius 3 is 3.00 bits per heavy atom. The molecule has 1 aromatic heterocycles. The van der Waals surface area contributed by atoms with Crippen LogP contribution in [0.2, 0.25) is 0 Å². The molecule has 1 aromatic rings. The molecular formula is C5H9N3O3. The number of H-pyrrole nitrogens is 1. The van der Waals surface area contributed by atoms with Gasteiger partial charge in [0, 0.05) is 13.6 Å². The Morgan fingerprint density at radius 2 is 2.55 bits per heavy atom. The molecule has 0 bridgehead atoms. The van der Waals surface area contributed by atoms with Crippen molar-refractivity contribution >= 4 is 5.95 Å². The molecular weight excluding hydrogens is 150 g/mol. The second-order valence-electron chi connectivity index (χ2n) is 2.05. The number of anilines is 1. The maximum Gasteiger partial charge on any atom is 0.461 e. The van der Waals surface area contributed by atoms with Gasteiger partial charge in [0.25, 0.3) is 0 Å². The van der Waals surface area contributed by atoms with E-state index in [-0.39, 0.29) is 6.61 Å². The van der Waals surface area contributed by atoms with Crippen molar-refractivity contribution in [1.82, 2.24) is 10.1 Å². The third kappa shape index (κ3) is 1.81. The van der Waals surface area contributed by atoms with Gasteiger partial charge in [-0.2, -0.15) is 5.16 Å². The number of hydrogen-bond acceptors (Lipinski definition) is 5. The fraction of sp³-hybridized carbons (Fsp3) is 0.600. The third-order valence-electron chi connectivity index (χ3n) is 1.22. The lowest BCUT2D eigenvalue weighted by molar-refractivity contribution is 0.303. The summed E-state index contributed by atoms with van der Waals surface area (Å²) >= 11 is 0. The van der Waals surface area contributed by atoms with Crippen LogP contribution in [-0.2, 0) is 0 Å². The van der Waals surface area contributed by atoms with Gasteiger partial charge in [-0.1, -0.05) is 0 Å². The Bertz CT molecular complexity index is 266. The van der Waals surface area contributed by atoms with E-state index < -0.39 is 5.76 Å². The molecule has 0 aliphatic carbocycles. The van der Waals surface area contributed by atoms with Crippen LogP contribution in [0.15, 0.2) is 9.32 Å². The number of aliphatic hydroxyl groups excluding tert-OH is 1. The summed E-state index contributed by atoms with van der Waals surface area (Å²) in [5.74, 6) is -0.339. The number of hydrogen-bond donors (Lipinski definition) is 2. The minimum absolute atomic E-state index is 0.00535. The predicted molar refractivity (Wildman–Crippen MR) is 37.5 cm³/mol. The molecule has 0 atom stereocenters. The molecule has 0 fully saturated rings. The normalized spacial score (nSPS) is 10.0. The molecule has 62 valence electrons. The quantitative estimate of drug-likeness (QED) is 0.578. The van der Waals surface area contributed by atoms with Crippen molar-refractivity contribution in [2.24, 2.45) is 0 Å². The van der Waals surface area contributed by atoms with Gasteiger partial charge >= 0.3 is 5.76 Å². The van der Waals surface area contributed by atoms with E-state index in [1.807, 2.05) is 0 Å². The summed E-state index contributed by atoms with van der Waals surface area (Å²) in [6.45, 7) is 0.411. The maximum absolute atomic E-state index is 10.4. The minimum Gasteiger partial charge on any atom is -0.395 e. The lowest BCUT2D eigenvalue weighted by Crippen LogP contribution is -2.22. The molecule has 0 spiro atoms. The number of nitrogens with one attached hydrogen (secondary N) is 1. The van der Waals surface area contributed by atoms with Crippen LogP contribution < -0.4 is 10.7 Å². The summed E-state index contributed by atoms with van der Waals surface area (Å²) in [4.78, 5) is 15.4. The van der Waals surface area contributed by atoms with E-state index in [1.54, 1.807) is 11.9 Å². The van der Waals surface area contributed by atoms with E-state index in [0.29, 0.717) is 12.5 Å². The fourth-order valence-corrected chi connectivity index (χ4v) is 0.641. The summed E-state index contributed by atoms with van der Waals surface area (Å²) in [5.41, 5.74) is 0. The molecule has 0 amide bonds. The van der Waals surface area contributed by atoms with Crippen LogP contribution in [0.5, 0.6) is 0 Å². The fourth-order valence-electron chi connectivity index (χ4n) is 0.641. The van der Waals surface area contributed by atoms with Gasteiger partial charge < -0.3 is 14.5 Å². The van der Waals surface area contributed by atoms with Gasteiger partial charge in [-0.25, -0.2) is 4.79 Å². The van der Waals surface area contributed by atoms with Gasteiger partial charge in [0.15, 0.2) is 0 Å². The van der Waals surface area contributed by atoms with Gasteiger partial charge in [-0.05, 0) is 0 Å². The first kappa shape index (κ1) is 7.80. The summed E-state index contributed by atoms with van der Waals surface area (Å²) in [6, 6.07) is 0. The molecule has 6 nitrogen and oxygen atoms in total. The van der Waals surface area contributed by atoms with Crippen LogP contribution in [-0.4, -0.2) is 35.4 Å². The zero-order valence-electron chi connectivity index (χ0n) is 6.07. The van der Waals surface area contributed by atoms with Gasteiger partial charge in [0.05, 0.1) is 6.61 Å². The molecule has 0 saturated heterocycles. The third-order valence-corrected chi connectivity index (χ3v) is 1.22. The molecule has 0 saturated carbocycles. The highest BCUT2D eigenvalue weighted by molar-refractivity contribution is 5.23. The van der Waals surface area contributed by atoms with Crippen molar-refractivity contribution in [2.45, 2.75) is 0 Å². The predicted octanol–water partition coefficient (Wildman–Crippen LogP) is -1.21. The second kappa shape index (κ2) is 3.20. The number of likely N-dealkylation sites (N-methyl/N-ethyl adjacent to an activating group) is 1. The molecule has 0 radical (unpaired) electrons. The number of rotatable bonds is 3. The Morgan fingerprint density at radius 1 is 1.82 bits per heavy atom. The average Bonchev–Trinajstić information content (AvgIpc) is 2.36. The molecule has 0 aromatic carbocycles. The van der Waals surface area contributed by atoms with E-state index in [9.17, 15) is 4.79 Å². The number of aliphatic hydroxyl groups is 1. The molecule has 2 N–H and O–H groups in total. The van der Waals surface area contributed by atoms with Crippen LogP contribution in [0.1, 0.15) is 0 Å². The van der Waals surface area contributed by atoms with Crippen molar-refractivity contribution in [3.05, 3.63) is 10.6 Å². The number of aromatic nitrogens is 2. The first-order valence-corrected chi connectivity index (χ1v) is 3.11. The van der Waals surface area contributed by atoms with Crippen LogP contribution in [0.25, 0.3) is 0 Å². The standard InChI is InChI=1S/C5H9N3O3/c1-8(2-3-9)4-6-5(10)11-7-4/h9H,2-3H2,1H3,(H,6,7,10). The van der Waals surface area contributed by atoms with Crippen LogP contribution in [0.3, 0.4) is 0 Å². The second-order valence-corrected chi connectivity index (χ2v) is 2.05. The van der Waals surface area contributed by atoms with E-state index >= 15 is 0 Å². The Labute approximate surface area is 62.4 Å². The van der Waals surface area contributed by atoms with Crippen molar-refractivity contribution in [3.8, 4) is 0 Å². The molecule has 11 heavy (non-hydrogen) atoms. The van der Waals surface area contributed by atoms with Crippen molar-refractivity contribution < 1.29 is 9.63 Å². The van der Waals surface area contributed by atoms with Crippen molar-refractivity contribution in [3.63, 3.8) is 0 Å². The first-order chi connectivity index (χ1) is 5.24. The van der Waals surface area contributed by atoms with Crippen LogP contribution in [0, 0.1) is 0 Å². The highest BCUT2D eigenvalue weighted by atomic mass is 16.5. The zero-order valence-corrected chi connectivity index (χ0v) is 6.07. The van der Waals surface area contributed by atoms with Crippen molar-refractivity contribution in [2.75, 3.05) is 25.1 Å². The molecule has 6 heteroatoms. The molecule has 0 aliphatic rings. The highest BCUT2D eigenvalue weighted by Gasteiger charge is 2.04. The molecule has 0 unspecified atom stereocenters. The monoisotopic (exact) mass is 159 g/mol. The highest BCUT2D eigenvalue weighted by Crippen LogP contribution is 1.97. The summed E-state index contributed by atoms with van der Waals surface area (Å²) < 4.78 is 4.32. The summed E-state index contributed by atoms with van der Waals surface area (Å²) in [6.07, 6.45) is 0. The van der Waals surface area contributed by atoms with E-state index in [2.05, 4.69) is 14.7 Å². The topological polar surface area (TPSA) is 82.4 Å². The number of aromatic amines is 1. The Kier molecular flexibility index (Phi) is 2.27. The zero-order chi connectivity index (χ0) is 8.27. The van der Waals surface area contributed by atoms with Gasteiger partial charge in [-0.15, -0.1) is 4.98 Å². The SMILES string of the molecule is CN(CCO)c1nc(=O)o[nH]1. The lowest BCUT2D eigenvalue weighted by Gasteiger charge is -2.11. The largest absolute Gasteiger partial charge is 0.461 e. The molecule has 0 aliphatic heterocycles. The molecule has 1 heterocycles. The summed E-state index contributed by atoms with van der Waals surface area (Å²) in [7, 11) is 1.68. The van der Waals surface area contributed by atoms with Gasteiger partial charge in [-0.3, -0.25) is 0 Å². The average molecular weight is 159 g/mol. The van der Waals surface area contributed by atoms with Crippen LogP contribution in [0.4, 0.5) is 5.95 Å². The smallest absolute Gasteiger partial charge is 0.395 e. The molecule has 1 rings (SSSR count). The van der Waals surface area contributed by atoms with Crippen LogP contribution >= 0.6 is 0 Å². The lowest BCUT2D eigenvalue weighted by atomic mass is 10.6. The summed E-state index contributed by atoms with van der Waals surface area (Å²) in [5, 5.41) is 10.8. The van der Waals surface area contributed by atoms with E-state index in [0.717, 1.165) is 0 Å². The van der Waals surface area contributed by atoms with E-state index in [4.69, 9.17) is 5.11 Å². The Hall–Kier alpha value is -1.30. The number of nitrogens with zero attached hydrogens (tertiary/aromatic N) is 2. The maximum atomic E-state index is 10.4. The first-order valence-electron chi connectivity index (χ1n) is 3.11. The van der Waals surface area contributed by atoms with E-state index in [1.165, 1.54) is 0 Å². The minimum atomic E-state index is -0.662. The van der Waals surface area contributed by atoms with Gasteiger partial charge in [0.1, 0.15) is 0 Å². The Balaban J connectivity index is 2.68. The van der Waals surface area contributed by atoms with Gasteiger partial charge in [0.2, 0.25) is 5.95 Å².